The van der Waals surface area contributed by atoms with Gasteiger partial charge in [0.25, 0.3) is 5.91 Å². The van der Waals surface area contributed by atoms with Gasteiger partial charge in [0.15, 0.2) is 0 Å². The van der Waals surface area contributed by atoms with Crippen LogP contribution in [0.25, 0.3) is 0 Å². The Balaban J connectivity index is 2.06. The third-order valence-corrected chi connectivity index (χ3v) is 4.62. The van der Waals surface area contributed by atoms with E-state index in [1.807, 2.05) is 4.90 Å². The van der Waals surface area contributed by atoms with Crippen molar-refractivity contribution in [3.63, 3.8) is 0 Å². The zero-order chi connectivity index (χ0) is 12.3. The van der Waals surface area contributed by atoms with E-state index < -0.39 is 0 Å². The van der Waals surface area contributed by atoms with Crippen molar-refractivity contribution < 1.29 is 4.79 Å². The van der Waals surface area contributed by atoms with Gasteiger partial charge in [-0.05, 0) is 30.8 Å². The molecule has 1 aromatic heterocycles. The van der Waals surface area contributed by atoms with Gasteiger partial charge in [-0.15, -0.1) is 5.10 Å². The number of aromatic nitrogens is 2. The molecule has 4 nitrogen and oxygen atoms in total. The Hall–Kier alpha value is -0.490. The van der Waals surface area contributed by atoms with Crippen molar-refractivity contribution >= 4 is 33.4 Å². The highest BCUT2D eigenvalue weighted by molar-refractivity contribution is 9.09. The van der Waals surface area contributed by atoms with Crippen molar-refractivity contribution in [2.45, 2.75) is 37.4 Å². The van der Waals surface area contributed by atoms with Crippen LogP contribution in [-0.2, 0) is 6.42 Å². The van der Waals surface area contributed by atoms with Crippen LogP contribution < -0.4 is 0 Å². The lowest BCUT2D eigenvalue weighted by Crippen LogP contribution is -2.38. The van der Waals surface area contributed by atoms with Crippen LogP contribution >= 0.6 is 27.5 Å². The lowest BCUT2D eigenvalue weighted by atomic mass is 10.1. The Morgan fingerprint density at radius 2 is 2.24 bits per heavy atom. The van der Waals surface area contributed by atoms with Gasteiger partial charge in [0.2, 0.25) is 0 Å². The monoisotopic (exact) mass is 317 g/mol. The van der Waals surface area contributed by atoms with Gasteiger partial charge in [-0.25, -0.2) is 0 Å². The second kappa shape index (κ2) is 5.91. The summed E-state index contributed by atoms with van der Waals surface area (Å²) in [5.41, 5.74) is 0.864. The first kappa shape index (κ1) is 13.0. The van der Waals surface area contributed by atoms with Crippen molar-refractivity contribution in [1.82, 2.24) is 14.5 Å². The maximum Gasteiger partial charge on any atom is 0.267 e. The van der Waals surface area contributed by atoms with Gasteiger partial charge < -0.3 is 4.90 Å². The Bertz CT molecular complexity index is 388. The zero-order valence-electron chi connectivity index (χ0n) is 9.86. The molecule has 0 saturated carbocycles. The third kappa shape index (κ3) is 3.04. The van der Waals surface area contributed by atoms with E-state index in [0.717, 1.165) is 49.3 Å². The molecular weight excluding hydrogens is 302 g/mol. The Morgan fingerprint density at radius 3 is 2.88 bits per heavy atom. The number of hydrogen-bond acceptors (Lipinski definition) is 4. The lowest BCUT2D eigenvalue weighted by Gasteiger charge is -2.29. The van der Waals surface area contributed by atoms with E-state index in [1.54, 1.807) is 0 Å². The quantitative estimate of drug-likeness (QED) is 0.805. The molecule has 0 radical (unpaired) electrons. The number of alkyl halides is 1. The number of hydrogen-bond donors (Lipinski definition) is 0. The average Bonchev–Trinajstić information content (AvgIpc) is 2.78. The molecule has 0 aromatic carbocycles. The minimum Gasteiger partial charge on any atom is -0.338 e. The molecule has 0 aliphatic carbocycles. The largest absolute Gasteiger partial charge is 0.338 e. The second-order valence-corrected chi connectivity index (χ2v) is 6.31. The number of carbonyl (C=O) groups excluding carboxylic acids is 1. The summed E-state index contributed by atoms with van der Waals surface area (Å²) < 4.78 is 3.91. The van der Waals surface area contributed by atoms with Crippen LogP contribution in [0.3, 0.4) is 0 Å². The molecule has 0 unspecified atom stereocenters. The van der Waals surface area contributed by atoms with Gasteiger partial charge in [-0.3, -0.25) is 4.79 Å². The maximum absolute atomic E-state index is 12.3. The van der Waals surface area contributed by atoms with Crippen LogP contribution in [0, 0.1) is 0 Å². The third-order valence-electron chi connectivity index (χ3n) is 2.95. The van der Waals surface area contributed by atoms with E-state index >= 15 is 0 Å². The first-order valence-electron chi connectivity index (χ1n) is 5.97. The second-order valence-electron chi connectivity index (χ2n) is 4.27. The Morgan fingerprint density at radius 1 is 1.53 bits per heavy atom. The summed E-state index contributed by atoms with van der Waals surface area (Å²) in [5, 5.41) is 4.05. The summed E-state index contributed by atoms with van der Waals surface area (Å²) in [4.78, 5) is 15.5. The first-order chi connectivity index (χ1) is 8.22. The van der Waals surface area contributed by atoms with Gasteiger partial charge in [-0.2, -0.15) is 0 Å². The van der Waals surface area contributed by atoms with E-state index in [1.165, 1.54) is 11.5 Å². The zero-order valence-corrected chi connectivity index (χ0v) is 12.3. The van der Waals surface area contributed by atoms with Crippen LogP contribution in [0.15, 0.2) is 0 Å². The highest BCUT2D eigenvalue weighted by Crippen LogP contribution is 2.21. The van der Waals surface area contributed by atoms with Gasteiger partial charge in [0.1, 0.15) is 4.88 Å². The van der Waals surface area contributed by atoms with Gasteiger partial charge in [0.05, 0.1) is 5.69 Å². The summed E-state index contributed by atoms with van der Waals surface area (Å²) in [6.45, 7) is 3.75. The topological polar surface area (TPSA) is 46.1 Å². The number of aryl methyl sites for hydroxylation is 1. The van der Waals surface area contributed by atoms with Crippen molar-refractivity contribution in [1.29, 1.82) is 0 Å². The van der Waals surface area contributed by atoms with Crippen molar-refractivity contribution in [3.8, 4) is 0 Å². The minimum atomic E-state index is 0.114. The van der Waals surface area contributed by atoms with Crippen molar-refractivity contribution in [2.24, 2.45) is 0 Å². The molecule has 1 aliphatic heterocycles. The number of nitrogens with zero attached hydrogens (tertiary/aromatic N) is 3. The fourth-order valence-corrected chi connectivity index (χ4v) is 3.05. The Labute approximate surface area is 114 Å². The van der Waals surface area contributed by atoms with Crippen LogP contribution in [0.4, 0.5) is 0 Å². The molecule has 1 saturated heterocycles. The number of halogens is 1. The standard InChI is InChI=1S/C11H16BrN3OS/c1-2-3-9-10(17-14-13-9)11(16)15-6-4-8(12)5-7-15/h8H,2-7H2,1H3. The van der Waals surface area contributed by atoms with Gasteiger partial charge >= 0.3 is 0 Å². The first-order valence-corrected chi connectivity index (χ1v) is 7.65. The van der Waals surface area contributed by atoms with Gasteiger partial charge in [-0.1, -0.05) is 33.8 Å². The molecule has 6 heteroatoms. The number of piperidine rings is 1. The lowest BCUT2D eigenvalue weighted by molar-refractivity contribution is 0.0732. The van der Waals surface area contributed by atoms with Gasteiger partial charge in [0, 0.05) is 17.9 Å². The SMILES string of the molecule is CCCc1nnsc1C(=O)N1CCC(Br)CC1. The molecular formula is C11H16BrN3OS. The van der Waals surface area contributed by atoms with Crippen LogP contribution in [0.5, 0.6) is 0 Å². The smallest absolute Gasteiger partial charge is 0.267 e. The molecule has 2 rings (SSSR count). The molecule has 1 aliphatic rings. The number of carbonyl (C=O) groups is 1. The highest BCUT2D eigenvalue weighted by Gasteiger charge is 2.25. The summed E-state index contributed by atoms with van der Waals surface area (Å²) in [5.74, 6) is 0.114. The van der Waals surface area contributed by atoms with Crippen molar-refractivity contribution in [3.05, 3.63) is 10.6 Å². The fourth-order valence-electron chi connectivity index (χ4n) is 1.97. The van der Waals surface area contributed by atoms with E-state index in [9.17, 15) is 4.79 Å². The van der Waals surface area contributed by atoms with E-state index in [2.05, 4.69) is 32.4 Å². The summed E-state index contributed by atoms with van der Waals surface area (Å²) in [6, 6.07) is 0. The molecule has 1 fully saturated rings. The minimum absolute atomic E-state index is 0.114. The molecule has 2 heterocycles. The number of likely N-dealkylation sites (tertiary alicyclic amines) is 1. The molecule has 94 valence electrons. The Kier molecular flexibility index (Phi) is 4.50. The van der Waals surface area contributed by atoms with E-state index in [0.29, 0.717) is 4.83 Å². The molecule has 0 N–H and O–H groups in total. The highest BCUT2D eigenvalue weighted by atomic mass is 79.9. The molecule has 0 atom stereocenters. The molecule has 1 amide bonds. The predicted octanol–water partition coefficient (Wildman–Crippen LogP) is 2.49. The van der Waals surface area contributed by atoms with E-state index in [-0.39, 0.29) is 5.91 Å². The van der Waals surface area contributed by atoms with Crippen LogP contribution in [0.1, 0.15) is 41.6 Å². The molecule has 17 heavy (non-hydrogen) atoms. The molecule has 1 aromatic rings. The van der Waals surface area contributed by atoms with Crippen LogP contribution in [-0.4, -0.2) is 38.3 Å². The van der Waals surface area contributed by atoms with Crippen molar-refractivity contribution in [2.75, 3.05) is 13.1 Å². The number of amides is 1. The number of rotatable bonds is 3. The average molecular weight is 318 g/mol. The molecule has 0 bridgehead atoms. The van der Waals surface area contributed by atoms with Crippen LogP contribution in [0.2, 0.25) is 0 Å². The van der Waals surface area contributed by atoms with E-state index in [4.69, 9.17) is 0 Å². The molecule has 0 spiro atoms. The fraction of sp³-hybridized carbons (Fsp3) is 0.727. The summed E-state index contributed by atoms with van der Waals surface area (Å²) >= 11 is 4.82. The predicted molar refractivity (Wildman–Crippen MR) is 71.8 cm³/mol. The summed E-state index contributed by atoms with van der Waals surface area (Å²) in [6.07, 6.45) is 3.89. The summed E-state index contributed by atoms with van der Waals surface area (Å²) in [7, 11) is 0. The maximum atomic E-state index is 12.3. The normalized spacial score (nSPS) is 17.4.